The van der Waals surface area contributed by atoms with Crippen LogP contribution in [-0.2, 0) is 26.0 Å². The molecule has 27 heavy (non-hydrogen) atoms. The summed E-state index contributed by atoms with van der Waals surface area (Å²) in [6.45, 7) is 3.63. The average Bonchev–Trinajstić information content (AvgIpc) is 3.05. The van der Waals surface area contributed by atoms with E-state index in [4.69, 9.17) is 16.3 Å². The van der Waals surface area contributed by atoms with Crippen LogP contribution in [0.3, 0.4) is 0 Å². The molecule has 1 aromatic carbocycles. The normalized spacial score (nSPS) is 15.2. The van der Waals surface area contributed by atoms with Gasteiger partial charge in [0.2, 0.25) is 5.91 Å². The van der Waals surface area contributed by atoms with Crippen LogP contribution in [0.5, 0.6) is 0 Å². The van der Waals surface area contributed by atoms with Crippen molar-refractivity contribution < 1.29 is 17.9 Å². The molecule has 1 fully saturated rings. The summed E-state index contributed by atoms with van der Waals surface area (Å²) < 4.78 is 32.8. The molecule has 0 unspecified atom stereocenters. The highest BCUT2D eigenvalue weighted by atomic mass is 35.5. The number of carbonyl (C=O) groups is 1. The molecule has 1 amide bonds. The van der Waals surface area contributed by atoms with Crippen LogP contribution in [0.2, 0.25) is 5.02 Å². The van der Waals surface area contributed by atoms with Crippen molar-refractivity contribution in [3.8, 4) is 0 Å². The molecule has 10 heteroatoms. The minimum Gasteiger partial charge on any atom is -0.370 e. The van der Waals surface area contributed by atoms with E-state index < -0.39 is 10.0 Å². The molecule has 1 N–H and O–H groups in total. The summed E-state index contributed by atoms with van der Waals surface area (Å²) in [5, 5.41) is 2.53. The molecule has 0 bridgehead atoms. The predicted molar refractivity (Wildman–Crippen MR) is 105 cm³/mol. The van der Waals surface area contributed by atoms with E-state index in [1.165, 1.54) is 17.4 Å². The molecule has 1 aromatic heterocycles. The molecule has 146 valence electrons. The van der Waals surface area contributed by atoms with E-state index in [-0.39, 0.29) is 17.4 Å². The molecule has 1 aliphatic heterocycles. The lowest BCUT2D eigenvalue weighted by molar-refractivity contribution is -0.142. The number of rotatable bonds is 7. The number of benzene rings is 1. The van der Waals surface area contributed by atoms with E-state index in [0.29, 0.717) is 41.8 Å². The fourth-order valence-corrected chi connectivity index (χ4v) is 5.25. The van der Waals surface area contributed by atoms with Gasteiger partial charge in [0.1, 0.15) is 6.61 Å². The minimum atomic E-state index is -3.75. The van der Waals surface area contributed by atoms with Crippen molar-refractivity contribution in [1.82, 2.24) is 9.88 Å². The lowest BCUT2D eigenvalue weighted by Crippen LogP contribution is -2.42. The number of hydrogen-bond donors (Lipinski definition) is 1. The number of aromatic nitrogens is 1. The van der Waals surface area contributed by atoms with Gasteiger partial charge in [0, 0.05) is 23.5 Å². The zero-order valence-corrected chi connectivity index (χ0v) is 17.2. The Bertz CT molecular complexity index is 930. The predicted octanol–water partition coefficient (Wildman–Crippen LogP) is 2.70. The van der Waals surface area contributed by atoms with E-state index in [1.807, 2.05) is 5.38 Å². The van der Waals surface area contributed by atoms with Crippen LogP contribution in [0, 0.1) is 6.92 Å². The SMILES string of the molecule is Cc1c(Cl)cccc1S(=O)(=O)Nc1nc(CCCN2CCOCC2=O)cs1. The molecule has 1 aliphatic rings. The third kappa shape index (κ3) is 4.98. The maximum atomic E-state index is 12.6. The zero-order valence-electron chi connectivity index (χ0n) is 14.8. The smallest absolute Gasteiger partial charge is 0.263 e. The van der Waals surface area contributed by atoms with Gasteiger partial charge in [-0.3, -0.25) is 9.52 Å². The van der Waals surface area contributed by atoms with E-state index >= 15 is 0 Å². The van der Waals surface area contributed by atoms with E-state index in [2.05, 4.69) is 9.71 Å². The molecule has 0 spiro atoms. The number of aryl methyl sites for hydroxylation is 1. The quantitative estimate of drug-likeness (QED) is 0.730. The Morgan fingerprint density at radius 1 is 1.41 bits per heavy atom. The molecule has 0 aliphatic carbocycles. The van der Waals surface area contributed by atoms with Gasteiger partial charge in [0.05, 0.1) is 17.2 Å². The highest BCUT2D eigenvalue weighted by Gasteiger charge is 2.20. The molecule has 2 heterocycles. The fourth-order valence-electron chi connectivity index (χ4n) is 2.76. The molecule has 2 aromatic rings. The number of carbonyl (C=O) groups excluding carboxylic acids is 1. The maximum absolute atomic E-state index is 12.6. The molecule has 7 nitrogen and oxygen atoms in total. The van der Waals surface area contributed by atoms with Crippen LogP contribution in [-0.4, -0.2) is 50.5 Å². The summed E-state index contributed by atoms with van der Waals surface area (Å²) in [6.07, 6.45) is 1.42. The van der Waals surface area contributed by atoms with Crippen molar-refractivity contribution in [1.29, 1.82) is 0 Å². The van der Waals surface area contributed by atoms with Gasteiger partial charge in [-0.15, -0.1) is 11.3 Å². The number of hydrogen-bond acceptors (Lipinski definition) is 6. The molecule has 0 atom stereocenters. The highest BCUT2D eigenvalue weighted by molar-refractivity contribution is 7.93. The molecule has 1 saturated heterocycles. The Hall–Kier alpha value is -1.68. The van der Waals surface area contributed by atoms with Crippen LogP contribution in [0.1, 0.15) is 17.7 Å². The molecule has 0 radical (unpaired) electrons. The van der Waals surface area contributed by atoms with Crippen LogP contribution in [0.4, 0.5) is 5.13 Å². The number of ether oxygens (including phenoxy) is 1. The number of morpholine rings is 1. The molecule has 3 rings (SSSR count). The van der Waals surface area contributed by atoms with E-state index in [9.17, 15) is 13.2 Å². The Kier molecular flexibility index (Phi) is 6.36. The number of nitrogens with zero attached hydrogens (tertiary/aromatic N) is 2. The standard InChI is InChI=1S/C17H20ClN3O4S2/c1-12-14(18)5-2-6-15(12)27(23,24)20-17-19-13(11-26-17)4-3-7-21-8-9-25-10-16(21)22/h2,5-6,11H,3-4,7-10H2,1H3,(H,19,20). The lowest BCUT2D eigenvalue weighted by Gasteiger charge is -2.26. The van der Waals surface area contributed by atoms with Crippen LogP contribution in [0.15, 0.2) is 28.5 Å². The number of sulfonamides is 1. The Morgan fingerprint density at radius 2 is 2.22 bits per heavy atom. The number of halogens is 1. The van der Waals surface area contributed by atoms with Crippen LogP contribution in [0.25, 0.3) is 0 Å². The largest absolute Gasteiger partial charge is 0.370 e. The Morgan fingerprint density at radius 3 is 3.00 bits per heavy atom. The molecular weight excluding hydrogens is 410 g/mol. The van der Waals surface area contributed by atoms with Gasteiger partial charge >= 0.3 is 0 Å². The van der Waals surface area contributed by atoms with Gasteiger partial charge in [0.15, 0.2) is 5.13 Å². The van der Waals surface area contributed by atoms with Crippen molar-refractivity contribution in [2.75, 3.05) is 31.0 Å². The monoisotopic (exact) mass is 429 g/mol. The van der Waals surface area contributed by atoms with Gasteiger partial charge in [-0.1, -0.05) is 17.7 Å². The maximum Gasteiger partial charge on any atom is 0.263 e. The lowest BCUT2D eigenvalue weighted by atomic mass is 10.2. The topological polar surface area (TPSA) is 88.6 Å². The van der Waals surface area contributed by atoms with Crippen molar-refractivity contribution >= 4 is 44.0 Å². The first-order valence-corrected chi connectivity index (χ1v) is 11.2. The van der Waals surface area contributed by atoms with Crippen molar-refractivity contribution in [2.45, 2.75) is 24.7 Å². The summed E-state index contributed by atoms with van der Waals surface area (Å²) in [7, 11) is -3.75. The summed E-state index contributed by atoms with van der Waals surface area (Å²) in [6, 6.07) is 4.76. The van der Waals surface area contributed by atoms with Crippen molar-refractivity contribution in [2.24, 2.45) is 0 Å². The second kappa shape index (κ2) is 8.55. The van der Waals surface area contributed by atoms with Gasteiger partial charge < -0.3 is 9.64 Å². The first-order chi connectivity index (χ1) is 12.9. The zero-order chi connectivity index (χ0) is 19.4. The average molecular weight is 430 g/mol. The number of nitrogens with one attached hydrogen (secondary N) is 1. The second-order valence-electron chi connectivity index (χ2n) is 6.15. The summed E-state index contributed by atoms with van der Waals surface area (Å²) in [5.74, 6) is 0.00451. The number of amides is 1. The molecule has 0 saturated carbocycles. The van der Waals surface area contributed by atoms with Crippen molar-refractivity contribution in [3.63, 3.8) is 0 Å². The molecular formula is C17H20ClN3O4S2. The highest BCUT2D eigenvalue weighted by Crippen LogP contribution is 2.26. The Labute approximate surface area is 167 Å². The summed E-state index contributed by atoms with van der Waals surface area (Å²) in [4.78, 5) is 17.9. The minimum absolute atomic E-state index is 0.00451. The number of thiazole rings is 1. The first kappa shape index (κ1) is 20.1. The second-order valence-corrected chi connectivity index (χ2v) is 9.07. The van der Waals surface area contributed by atoms with Crippen molar-refractivity contribution in [3.05, 3.63) is 39.9 Å². The Balaban J connectivity index is 1.59. The first-order valence-electron chi connectivity index (χ1n) is 8.44. The van der Waals surface area contributed by atoms with Gasteiger partial charge in [0.25, 0.3) is 10.0 Å². The number of anilines is 1. The summed E-state index contributed by atoms with van der Waals surface area (Å²) in [5.41, 5.74) is 1.29. The summed E-state index contributed by atoms with van der Waals surface area (Å²) >= 11 is 7.25. The van der Waals surface area contributed by atoms with E-state index in [0.717, 1.165) is 12.1 Å². The van der Waals surface area contributed by atoms with Crippen LogP contribution >= 0.6 is 22.9 Å². The fraction of sp³-hybridized carbons (Fsp3) is 0.412. The third-order valence-electron chi connectivity index (χ3n) is 4.23. The third-order valence-corrected chi connectivity index (χ3v) is 7.05. The van der Waals surface area contributed by atoms with Crippen LogP contribution < -0.4 is 4.72 Å². The van der Waals surface area contributed by atoms with Gasteiger partial charge in [-0.05, 0) is 37.5 Å². The van der Waals surface area contributed by atoms with Gasteiger partial charge in [-0.2, -0.15) is 0 Å². The van der Waals surface area contributed by atoms with E-state index in [1.54, 1.807) is 24.0 Å². The van der Waals surface area contributed by atoms with Gasteiger partial charge in [-0.25, -0.2) is 13.4 Å².